The molecular weight excluding hydrogens is 250 g/mol. The second-order valence-corrected chi connectivity index (χ2v) is 4.56. The fraction of sp³-hybridized carbons (Fsp3) is 0.250. The van der Waals surface area contributed by atoms with Gasteiger partial charge in [0.05, 0.1) is 6.42 Å². The summed E-state index contributed by atoms with van der Waals surface area (Å²) >= 11 is 0. The average molecular weight is 269 g/mol. The third-order valence-electron chi connectivity index (χ3n) is 2.90. The van der Waals surface area contributed by atoms with Gasteiger partial charge >= 0.3 is 0 Å². The number of carbonyl (C=O) groups excluding carboxylic acids is 1. The van der Waals surface area contributed by atoms with E-state index in [1.807, 2.05) is 36.4 Å². The molecule has 0 fully saturated rings. The summed E-state index contributed by atoms with van der Waals surface area (Å²) in [6.07, 6.45) is 3.75. The van der Waals surface area contributed by atoms with Crippen molar-refractivity contribution >= 4 is 11.6 Å². The molecule has 0 bridgehead atoms. The van der Waals surface area contributed by atoms with Crippen molar-refractivity contribution in [3.63, 3.8) is 0 Å². The van der Waals surface area contributed by atoms with Gasteiger partial charge < -0.3 is 10.6 Å². The van der Waals surface area contributed by atoms with Crippen LogP contribution in [-0.4, -0.2) is 17.4 Å². The Morgan fingerprint density at radius 3 is 2.70 bits per heavy atom. The van der Waals surface area contributed by atoms with Crippen LogP contribution in [0.1, 0.15) is 18.1 Å². The normalized spacial score (nSPS) is 10.2. The zero-order chi connectivity index (χ0) is 14.2. The lowest BCUT2D eigenvalue weighted by molar-refractivity contribution is -0.115. The third kappa shape index (κ3) is 4.48. The third-order valence-corrected chi connectivity index (χ3v) is 2.90. The minimum absolute atomic E-state index is 0.0169. The molecule has 2 rings (SSSR count). The lowest BCUT2D eigenvalue weighted by Gasteiger charge is -2.08. The second-order valence-electron chi connectivity index (χ2n) is 4.56. The molecule has 0 aliphatic heterocycles. The summed E-state index contributed by atoms with van der Waals surface area (Å²) in [6, 6.07) is 11.6. The standard InChI is InChI=1S/C16H19N3O/c1-2-17-12-14-4-3-5-15(10-14)19-16(20)11-13-6-8-18-9-7-13/h3-10,17H,2,11-12H2,1H3,(H,19,20). The van der Waals surface area contributed by atoms with E-state index in [0.717, 1.165) is 29.9 Å². The summed E-state index contributed by atoms with van der Waals surface area (Å²) in [7, 11) is 0. The molecule has 0 spiro atoms. The van der Waals surface area contributed by atoms with Crippen molar-refractivity contribution in [2.45, 2.75) is 19.9 Å². The van der Waals surface area contributed by atoms with E-state index in [1.165, 1.54) is 0 Å². The lowest BCUT2D eigenvalue weighted by Crippen LogP contribution is -2.15. The maximum atomic E-state index is 12.0. The zero-order valence-corrected chi connectivity index (χ0v) is 11.6. The molecule has 0 saturated heterocycles. The Hall–Kier alpha value is -2.20. The largest absolute Gasteiger partial charge is 0.326 e. The van der Waals surface area contributed by atoms with Crippen LogP contribution in [-0.2, 0) is 17.8 Å². The molecule has 0 aliphatic carbocycles. The molecule has 0 radical (unpaired) electrons. The number of benzene rings is 1. The van der Waals surface area contributed by atoms with Crippen molar-refractivity contribution in [2.75, 3.05) is 11.9 Å². The number of carbonyl (C=O) groups is 1. The molecule has 1 heterocycles. The molecule has 0 saturated carbocycles. The number of aromatic nitrogens is 1. The van der Waals surface area contributed by atoms with E-state index in [-0.39, 0.29) is 5.91 Å². The fourth-order valence-corrected chi connectivity index (χ4v) is 1.92. The SMILES string of the molecule is CCNCc1cccc(NC(=O)Cc2ccncc2)c1. The number of amides is 1. The van der Waals surface area contributed by atoms with Gasteiger partial charge in [-0.15, -0.1) is 0 Å². The number of hydrogen-bond donors (Lipinski definition) is 2. The van der Waals surface area contributed by atoms with Gasteiger partial charge in [-0.1, -0.05) is 19.1 Å². The average Bonchev–Trinajstić information content (AvgIpc) is 2.46. The van der Waals surface area contributed by atoms with Gasteiger partial charge in [0, 0.05) is 24.6 Å². The maximum absolute atomic E-state index is 12.0. The van der Waals surface area contributed by atoms with E-state index in [0.29, 0.717) is 6.42 Å². The Labute approximate surface area is 119 Å². The molecule has 4 heteroatoms. The molecule has 1 amide bonds. The van der Waals surface area contributed by atoms with Crippen LogP contribution in [0.5, 0.6) is 0 Å². The molecular formula is C16H19N3O. The smallest absolute Gasteiger partial charge is 0.228 e. The number of nitrogens with zero attached hydrogens (tertiary/aromatic N) is 1. The molecule has 4 nitrogen and oxygen atoms in total. The minimum atomic E-state index is -0.0169. The van der Waals surface area contributed by atoms with Crippen LogP contribution in [0.2, 0.25) is 0 Å². The van der Waals surface area contributed by atoms with Gasteiger partial charge in [0.1, 0.15) is 0 Å². The molecule has 0 atom stereocenters. The highest BCUT2D eigenvalue weighted by Crippen LogP contribution is 2.11. The van der Waals surface area contributed by atoms with Gasteiger partial charge in [0.15, 0.2) is 0 Å². The van der Waals surface area contributed by atoms with Crippen molar-refractivity contribution in [3.8, 4) is 0 Å². The first-order chi connectivity index (χ1) is 9.78. The van der Waals surface area contributed by atoms with Crippen molar-refractivity contribution in [2.24, 2.45) is 0 Å². The molecule has 20 heavy (non-hydrogen) atoms. The number of hydrogen-bond acceptors (Lipinski definition) is 3. The second kappa shape index (κ2) is 7.40. The molecule has 0 unspecified atom stereocenters. The summed E-state index contributed by atoms with van der Waals surface area (Å²) in [4.78, 5) is 15.9. The molecule has 104 valence electrons. The van der Waals surface area contributed by atoms with Crippen LogP contribution >= 0.6 is 0 Å². The number of nitrogens with one attached hydrogen (secondary N) is 2. The van der Waals surface area contributed by atoms with Crippen LogP contribution in [0.3, 0.4) is 0 Å². The van der Waals surface area contributed by atoms with Gasteiger partial charge in [-0.2, -0.15) is 0 Å². The predicted octanol–water partition coefficient (Wildman–Crippen LogP) is 2.37. The summed E-state index contributed by atoms with van der Waals surface area (Å²) in [6.45, 7) is 3.81. The van der Waals surface area contributed by atoms with Crippen LogP contribution in [0.15, 0.2) is 48.8 Å². The van der Waals surface area contributed by atoms with E-state index in [4.69, 9.17) is 0 Å². The Kier molecular flexibility index (Phi) is 5.26. The summed E-state index contributed by atoms with van der Waals surface area (Å²) in [5.74, 6) is -0.0169. The summed E-state index contributed by atoms with van der Waals surface area (Å²) < 4.78 is 0. The van der Waals surface area contributed by atoms with Crippen LogP contribution < -0.4 is 10.6 Å². The lowest BCUT2D eigenvalue weighted by atomic mass is 10.1. The van der Waals surface area contributed by atoms with Gasteiger partial charge in [0.25, 0.3) is 0 Å². The van der Waals surface area contributed by atoms with Crippen LogP contribution in [0, 0.1) is 0 Å². The van der Waals surface area contributed by atoms with Gasteiger partial charge in [0.2, 0.25) is 5.91 Å². The summed E-state index contributed by atoms with van der Waals surface area (Å²) in [5, 5.41) is 6.19. The van der Waals surface area contributed by atoms with E-state index < -0.39 is 0 Å². The molecule has 0 aliphatic rings. The fourth-order valence-electron chi connectivity index (χ4n) is 1.92. The van der Waals surface area contributed by atoms with Crippen LogP contribution in [0.4, 0.5) is 5.69 Å². The Morgan fingerprint density at radius 1 is 1.15 bits per heavy atom. The van der Waals surface area contributed by atoms with E-state index in [1.54, 1.807) is 12.4 Å². The number of anilines is 1. The van der Waals surface area contributed by atoms with E-state index in [9.17, 15) is 4.79 Å². The van der Waals surface area contributed by atoms with Gasteiger partial charge in [-0.3, -0.25) is 9.78 Å². The molecule has 1 aromatic carbocycles. The highest BCUT2D eigenvalue weighted by molar-refractivity contribution is 5.92. The first kappa shape index (κ1) is 14.2. The maximum Gasteiger partial charge on any atom is 0.228 e. The van der Waals surface area contributed by atoms with Crippen molar-refractivity contribution in [1.29, 1.82) is 0 Å². The first-order valence-corrected chi connectivity index (χ1v) is 6.76. The summed E-state index contributed by atoms with van der Waals surface area (Å²) in [5.41, 5.74) is 2.95. The Balaban J connectivity index is 1.94. The van der Waals surface area contributed by atoms with Gasteiger partial charge in [-0.25, -0.2) is 0 Å². The Bertz CT molecular complexity index is 555. The topological polar surface area (TPSA) is 54.0 Å². The van der Waals surface area contributed by atoms with Crippen molar-refractivity contribution < 1.29 is 4.79 Å². The Morgan fingerprint density at radius 2 is 1.95 bits per heavy atom. The first-order valence-electron chi connectivity index (χ1n) is 6.76. The number of pyridine rings is 1. The van der Waals surface area contributed by atoms with Crippen LogP contribution in [0.25, 0.3) is 0 Å². The van der Waals surface area contributed by atoms with E-state index >= 15 is 0 Å². The highest BCUT2D eigenvalue weighted by Gasteiger charge is 2.04. The minimum Gasteiger partial charge on any atom is -0.326 e. The van der Waals surface area contributed by atoms with Crippen molar-refractivity contribution in [1.82, 2.24) is 10.3 Å². The number of rotatable bonds is 6. The van der Waals surface area contributed by atoms with Gasteiger partial charge in [-0.05, 0) is 41.9 Å². The molecule has 2 aromatic rings. The van der Waals surface area contributed by atoms with Crippen molar-refractivity contribution in [3.05, 3.63) is 59.9 Å². The molecule has 1 aromatic heterocycles. The zero-order valence-electron chi connectivity index (χ0n) is 11.6. The predicted molar refractivity (Wildman–Crippen MR) is 80.4 cm³/mol. The molecule has 2 N–H and O–H groups in total. The van der Waals surface area contributed by atoms with E-state index in [2.05, 4.69) is 22.5 Å². The highest BCUT2D eigenvalue weighted by atomic mass is 16.1. The quantitative estimate of drug-likeness (QED) is 0.846. The monoisotopic (exact) mass is 269 g/mol.